The van der Waals surface area contributed by atoms with Crippen LogP contribution in [0.1, 0.15) is 6.92 Å². The fourth-order valence-corrected chi connectivity index (χ4v) is 1.37. The van der Waals surface area contributed by atoms with E-state index in [-0.39, 0.29) is 0 Å². The lowest BCUT2D eigenvalue weighted by Gasteiger charge is -2.18. The fourth-order valence-electron chi connectivity index (χ4n) is 1.37. The van der Waals surface area contributed by atoms with E-state index in [4.69, 9.17) is 9.84 Å². The predicted molar refractivity (Wildman–Crippen MR) is 54.7 cm³/mol. The van der Waals surface area contributed by atoms with Gasteiger partial charge in [0.25, 0.3) is 0 Å². The van der Waals surface area contributed by atoms with Gasteiger partial charge in [-0.1, -0.05) is 6.08 Å². The molecule has 0 aromatic carbocycles. The zero-order valence-electron chi connectivity index (χ0n) is 8.85. The highest BCUT2D eigenvalue weighted by Gasteiger charge is 2.15. The average molecular weight is 215 g/mol. The predicted octanol–water partition coefficient (Wildman–Crippen LogP) is -0.290. The summed E-state index contributed by atoms with van der Waals surface area (Å²) in [4.78, 5) is 12.5. The molecule has 1 aliphatic rings. The topological polar surface area (TPSA) is 70.0 Å². The van der Waals surface area contributed by atoms with E-state index in [1.807, 2.05) is 4.90 Å². The first-order valence-electron chi connectivity index (χ1n) is 4.98. The van der Waals surface area contributed by atoms with E-state index in [0.29, 0.717) is 31.9 Å². The van der Waals surface area contributed by atoms with Crippen LogP contribution >= 0.6 is 0 Å². The van der Waals surface area contributed by atoms with Crippen molar-refractivity contribution in [3.8, 4) is 0 Å². The standard InChI is InChI=1S/C10H17NO4/c1-8(10(13)14)2-3-11-4-5-15-7-9(12)6-11/h2,9,12H,3-7H2,1H3,(H,13,14)/b8-2+. The van der Waals surface area contributed by atoms with Gasteiger partial charge in [-0.05, 0) is 6.92 Å². The van der Waals surface area contributed by atoms with Crippen molar-refractivity contribution in [2.45, 2.75) is 13.0 Å². The Morgan fingerprint density at radius 1 is 1.67 bits per heavy atom. The van der Waals surface area contributed by atoms with Gasteiger partial charge in [0.15, 0.2) is 0 Å². The lowest BCUT2D eigenvalue weighted by molar-refractivity contribution is -0.132. The molecule has 2 N–H and O–H groups in total. The zero-order valence-corrected chi connectivity index (χ0v) is 8.85. The molecule has 1 unspecified atom stereocenters. The van der Waals surface area contributed by atoms with Crippen molar-refractivity contribution in [2.24, 2.45) is 0 Å². The Bertz CT molecular complexity index is 252. The van der Waals surface area contributed by atoms with Crippen LogP contribution in [-0.4, -0.2) is 60.0 Å². The Labute approximate surface area is 89.0 Å². The fraction of sp³-hybridized carbons (Fsp3) is 0.700. The number of aliphatic hydroxyl groups is 1. The number of rotatable bonds is 3. The molecule has 0 aromatic heterocycles. The van der Waals surface area contributed by atoms with E-state index in [1.165, 1.54) is 0 Å². The van der Waals surface area contributed by atoms with Gasteiger partial charge in [-0.15, -0.1) is 0 Å². The molecule has 1 heterocycles. The number of nitrogens with zero attached hydrogens (tertiary/aromatic N) is 1. The second-order valence-corrected chi connectivity index (χ2v) is 3.68. The van der Waals surface area contributed by atoms with Crippen LogP contribution in [0.3, 0.4) is 0 Å². The van der Waals surface area contributed by atoms with Gasteiger partial charge >= 0.3 is 5.97 Å². The summed E-state index contributed by atoms with van der Waals surface area (Å²) in [6.45, 7) is 4.30. The molecule has 1 saturated heterocycles. The Balaban J connectivity index is 2.43. The maximum Gasteiger partial charge on any atom is 0.330 e. The van der Waals surface area contributed by atoms with E-state index in [1.54, 1.807) is 13.0 Å². The molecule has 86 valence electrons. The first-order chi connectivity index (χ1) is 7.09. The van der Waals surface area contributed by atoms with E-state index in [9.17, 15) is 9.90 Å². The lowest BCUT2D eigenvalue weighted by atomic mass is 10.2. The number of aliphatic hydroxyl groups excluding tert-OH is 1. The Kier molecular flexibility index (Phi) is 4.74. The normalized spacial score (nSPS) is 24.9. The maximum absolute atomic E-state index is 10.5. The molecule has 0 aromatic rings. The third kappa shape index (κ3) is 4.42. The second kappa shape index (κ2) is 5.85. The summed E-state index contributed by atoms with van der Waals surface area (Å²) in [5, 5.41) is 18.1. The van der Waals surface area contributed by atoms with Crippen molar-refractivity contribution in [1.82, 2.24) is 4.90 Å². The zero-order chi connectivity index (χ0) is 11.3. The minimum absolute atomic E-state index is 0.328. The van der Waals surface area contributed by atoms with Crippen LogP contribution in [0, 0.1) is 0 Å². The van der Waals surface area contributed by atoms with Gasteiger partial charge in [-0.3, -0.25) is 4.90 Å². The molecule has 0 bridgehead atoms. The molecule has 0 aliphatic carbocycles. The lowest BCUT2D eigenvalue weighted by Crippen LogP contribution is -2.33. The summed E-state index contributed by atoms with van der Waals surface area (Å²) in [6.07, 6.45) is 1.17. The van der Waals surface area contributed by atoms with Crippen LogP contribution in [0.5, 0.6) is 0 Å². The summed E-state index contributed by atoms with van der Waals surface area (Å²) in [6, 6.07) is 0. The summed E-state index contributed by atoms with van der Waals surface area (Å²) >= 11 is 0. The molecule has 0 amide bonds. The molecule has 1 atom stereocenters. The average Bonchev–Trinajstić information content (AvgIpc) is 2.38. The summed E-state index contributed by atoms with van der Waals surface area (Å²) in [5.74, 6) is -0.901. The molecule has 5 nitrogen and oxygen atoms in total. The maximum atomic E-state index is 10.5. The smallest absolute Gasteiger partial charge is 0.330 e. The van der Waals surface area contributed by atoms with Crippen LogP contribution in [-0.2, 0) is 9.53 Å². The summed E-state index contributed by atoms with van der Waals surface area (Å²) < 4.78 is 5.16. The van der Waals surface area contributed by atoms with Crippen LogP contribution in [0.2, 0.25) is 0 Å². The number of carbonyl (C=O) groups is 1. The third-order valence-electron chi connectivity index (χ3n) is 2.32. The van der Waals surface area contributed by atoms with Crippen molar-refractivity contribution in [3.05, 3.63) is 11.6 Å². The number of carboxylic acid groups (broad SMARTS) is 1. The van der Waals surface area contributed by atoms with Crippen molar-refractivity contribution in [3.63, 3.8) is 0 Å². The number of hydrogen-bond acceptors (Lipinski definition) is 4. The largest absolute Gasteiger partial charge is 0.478 e. The van der Waals surface area contributed by atoms with E-state index >= 15 is 0 Å². The molecular weight excluding hydrogens is 198 g/mol. The van der Waals surface area contributed by atoms with Gasteiger partial charge in [-0.25, -0.2) is 4.79 Å². The van der Waals surface area contributed by atoms with Crippen molar-refractivity contribution in [2.75, 3.05) is 32.8 Å². The minimum atomic E-state index is -0.901. The summed E-state index contributed by atoms with van der Waals surface area (Å²) in [7, 11) is 0. The molecule has 5 heteroatoms. The molecule has 0 radical (unpaired) electrons. The van der Waals surface area contributed by atoms with Crippen LogP contribution in [0.4, 0.5) is 0 Å². The molecule has 15 heavy (non-hydrogen) atoms. The highest BCUT2D eigenvalue weighted by Crippen LogP contribution is 2.01. The summed E-state index contributed by atoms with van der Waals surface area (Å²) in [5.41, 5.74) is 0.328. The van der Waals surface area contributed by atoms with Gasteiger partial charge < -0.3 is 14.9 Å². The van der Waals surface area contributed by atoms with Gasteiger partial charge in [0, 0.05) is 25.2 Å². The SMILES string of the molecule is C/C(=C\CN1CCOCC(O)C1)C(=O)O. The molecule has 0 saturated carbocycles. The van der Waals surface area contributed by atoms with Crippen LogP contribution < -0.4 is 0 Å². The minimum Gasteiger partial charge on any atom is -0.478 e. The van der Waals surface area contributed by atoms with E-state index in [2.05, 4.69) is 0 Å². The quantitative estimate of drug-likeness (QED) is 0.633. The van der Waals surface area contributed by atoms with Crippen LogP contribution in [0.15, 0.2) is 11.6 Å². The number of hydrogen-bond donors (Lipinski definition) is 2. The van der Waals surface area contributed by atoms with E-state index in [0.717, 1.165) is 6.54 Å². The van der Waals surface area contributed by atoms with Gasteiger partial charge in [-0.2, -0.15) is 0 Å². The Morgan fingerprint density at radius 2 is 2.40 bits per heavy atom. The molecule has 0 spiro atoms. The molecule has 1 aliphatic heterocycles. The number of carboxylic acids is 1. The van der Waals surface area contributed by atoms with E-state index < -0.39 is 12.1 Å². The highest BCUT2D eigenvalue weighted by atomic mass is 16.5. The second-order valence-electron chi connectivity index (χ2n) is 3.68. The number of ether oxygens (including phenoxy) is 1. The Morgan fingerprint density at radius 3 is 3.07 bits per heavy atom. The first kappa shape index (κ1) is 12.2. The number of β-amino-alcohol motifs (C(OH)–C–C–N with tert-alkyl or cyclic N) is 1. The molecule has 1 fully saturated rings. The molecule has 1 rings (SSSR count). The number of aliphatic carboxylic acids is 1. The van der Waals surface area contributed by atoms with Gasteiger partial charge in [0.2, 0.25) is 0 Å². The molecular formula is C10H17NO4. The Hall–Kier alpha value is -0.910. The van der Waals surface area contributed by atoms with Gasteiger partial charge in [0.1, 0.15) is 0 Å². The van der Waals surface area contributed by atoms with Crippen molar-refractivity contribution < 1.29 is 19.7 Å². The van der Waals surface area contributed by atoms with Crippen molar-refractivity contribution >= 4 is 5.97 Å². The first-order valence-corrected chi connectivity index (χ1v) is 4.98. The highest BCUT2D eigenvalue weighted by molar-refractivity contribution is 5.85. The monoisotopic (exact) mass is 215 g/mol. The van der Waals surface area contributed by atoms with Crippen LogP contribution in [0.25, 0.3) is 0 Å². The third-order valence-corrected chi connectivity index (χ3v) is 2.32. The van der Waals surface area contributed by atoms with Gasteiger partial charge in [0.05, 0.1) is 19.3 Å². The van der Waals surface area contributed by atoms with Crippen molar-refractivity contribution in [1.29, 1.82) is 0 Å².